The van der Waals surface area contributed by atoms with Crippen LogP contribution in [0.2, 0.25) is 0 Å². The summed E-state index contributed by atoms with van der Waals surface area (Å²) in [5.41, 5.74) is 6.41. The molecule has 0 radical (unpaired) electrons. The Kier molecular flexibility index (Phi) is 5.06. The number of nitrogens with two attached hydrogens (primary N) is 1. The van der Waals surface area contributed by atoms with Crippen LogP contribution in [0.5, 0.6) is 11.5 Å². The Morgan fingerprint density at radius 1 is 1.38 bits per heavy atom. The van der Waals surface area contributed by atoms with Gasteiger partial charge in [0.25, 0.3) is 0 Å². The number of benzene rings is 1. The third kappa shape index (κ3) is 3.47. The highest BCUT2D eigenvalue weighted by molar-refractivity contribution is 5.45. The number of halogens is 1. The first-order valence-electron chi connectivity index (χ1n) is 7.40. The molecule has 118 valence electrons. The van der Waals surface area contributed by atoms with E-state index in [2.05, 4.69) is 4.90 Å². The van der Waals surface area contributed by atoms with Crippen molar-refractivity contribution in [2.45, 2.75) is 32.4 Å². The molecule has 1 saturated heterocycles. The third-order valence-corrected chi connectivity index (χ3v) is 3.97. The van der Waals surface area contributed by atoms with Gasteiger partial charge >= 0.3 is 0 Å². The van der Waals surface area contributed by atoms with Crippen molar-refractivity contribution in [2.24, 2.45) is 11.7 Å². The summed E-state index contributed by atoms with van der Waals surface area (Å²) >= 11 is 0. The number of hydrogen-bond donors (Lipinski definition) is 1. The lowest BCUT2D eigenvalue weighted by Crippen LogP contribution is -2.21. The van der Waals surface area contributed by atoms with E-state index in [1.807, 2.05) is 20.9 Å². The SMILES string of the molecule is COc1cc(F)c(C2CC(CN)CN2C)cc1OC(C)C. The van der Waals surface area contributed by atoms with Crippen LogP contribution in [0.3, 0.4) is 0 Å². The Morgan fingerprint density at radius 3 is 2.62 bits per heavy atom. The van der Waals surface area contributed by atoms with E-state index in [1.54, 1.807) is 6.07 Å². The molecule has 1 heterocycles. The number of hydrogen-bond acceptors (Lipinski definition) is 4. The minimum atomic E-state index is -0.252. The van der Waals surface area contributed by atoms with Gasteiger partial charge in [-0.3, -0.25) is 4.90 Å². The average molecular weight is 296 g/mol. The molecule has 1 aliphatic heterocycles. The molecule has 1 aromatic rings. The highest BCUT2D eigenvalue weighted by Gasteiger charge is 2.32. The zero-order chi connectivity index (χ0) is 15.6. The van der Waals surface area contributed by atoms with Gasteiger partial charge < -0.3 is 15.2 Å². The summed E-state index contributed by atoms with van der Waals surface area (Å²) in [6.07, 6.45) is 0.882. The Balaban J connectivity index is 2.35. The lowest BCUT2D eigenvalue weighted by molar-refractivity contribution is 0.227. The Morgan fingerprint density at radius 2 is 2.10 bits per heavy atom. The Bertz CT molecular complexity index is 493. The van der Waals surface area contributed by atoms with Gasteiger partial charge in [0.15, 0.2) is 11.5 Å². The molecule has 2 atom stereocenters. The molecule has 1 aliphatic rings. The second-order valence-electron chi connectivity index (χ2n) is 5.98. The second-order valence-corrected chi connectivity index (χ2v) is 5.98. The summed E-state index contributed by atoms with van der Waals surface area (Å²) < 4.78 is 25.4. The second kappa shape index (κ2) is 6.62. The van der Waals surface area contributed by atoms with Gasteiger partial charge in [0.05, 0.1) is 13.2 Å². The maximum absolute atomic E-state index is 14.4. The zero-order valence-corrected chi connectivity index (χ0v) is 13.2. The van der Waals surface area contributed by atoms with Crippen molar-refractivity contribution in [2.75, 3.05) is 27.2 Å². The smallest absolute Gasteiger partial charge is 0.163 e. The number of rotatable bonds is 5. The van der Waals surface area contributed by atoms with Crippen molar-refractivity contribution >= 4 is 0 Å². The topological polar surface area (TPSA) is 47.7 Å². The predicted octanol–water partition coefficient (Wildman–Crippen LogP) is 2.57. The van der Waals surface area contributed by atoms with Crippen LogP contribution in [0.25, 0.3) is 0 Å². The third-order valence-electron chi connectivity index (χ3n) is 3.97. The molecule has 0 amide bonds. The monoisotopic (exact) mass is 296 g/mol. The average Bonchev–Trinajstić information content (AvgIpc) is 2.81. The molecule has 1 fully saturated rings. The fourth-order valence-electron chi connectivity index (χ4n) is 2.95. The fraction of sp³-hybridized carbons (Fsp3) is 0.625. The molecule has 5 heteroatoms. The van der Waals surface area contributed by atoms with Gasteiger partial charge in [-0.15, -0.1) is 0 Å². The Labute approximate surface area is 126 Å². The van der Waals surface area contributed by atoms with Crippen LogP contribution >= 0.6 is 0 Å². The molecular weight excluding hydrogens is 271 g/mol. The molecule has 21 heavy (non-hydrogen) atoms. The Hall–Kier alpha value is -1.33. The van der Waals surface area contributed by atoms with Gasteiger partial charge in [0.2, 0.25) is 0 Å². The zero-order valence-electron chi connectivity index (χ0n) is 13.2. The standard InChI is InChI=1S/C16H25FN2O2/c1-10(2)21-16-6-12(13(17)7-15(16)20-4)14-5-11(8-18)9-19(14)3/h6-7,10-11,14H,5,8-9,18H2,1-4H3. The summed E-state index contributed by atoms with van der Waals surface area (Å²) in [7, 11) is 3.53. The maximum atomic E-state index is 14.4. The summed E-state index contributed by atoms with van der Waals surface area (Å²) in [6, 6.07) is 3.23. The van der Waals surface area contributed by atoms with E-state index in [0.29, 0.717) is 29.5 Å². The van der Waals surface area contributed by atoms with Crippen molar-refractivity contribution < 1.29 is 13.9 Å². The van der Waals surface area contributed by atoms with Crippen LogP contribution in [0, 0.1) is 11.7 Å². The molecule has 0 spiro atoms. The van der Waals surface area contributed by atoms with Crippen LogP contribution in [0.1, 0.15) is 31.9 Å². The molecular formula is C16H25FN2O2. The number of nitrogens with zero attached hydrogens (tertiary/aromatic N) is 1. The largest absolute Gasteiger partial charge is 0.493 e. The van der Waals surface area contributed by atoms with E-state index in [0.717, 1.165) is 13.0 Å². The van der Waals surface area contributed by atoms with Crippen LogP contribution in [0.15, 0.2) is 12.1 Å². The summed E-state index contributed by atoms with van der Waals surface area (Å²) in [5.74, 6) is 1.18. The van der Waals surface area contributed by atoms with Gasteiger partial charge in [0, 0.05) is 24.2 Å². The van der Waals surface area contributed by atoms with E-state index in [1.165, 1.54) is 13.2 Å². The van der Waals surface area contributed by atoms with Gasteiger partial charge in [-0.2, -0.15) is 0 Å². The van der Waals surface area contributed by atoms with Crippen molar-refractivity contribution in [1.29, 1.82) is 0 Å². The van der Waals surface area contributed by atoms with Gasteiger partial charge in [0.1, 0.15) is 5.82 Å². The van der Waals surface area contributed by atoms with Crippen molar-refractivity contribution in [3.05, 3.63) is 23.5 Å². The summed E-state index contributed by atoms with van der Waals surface area (Å²) in [4.78, 5) is 2.15. The van der Waals surface area contributed by atoms with Crippen molar-refractivity contribution in [3.8, 4) is 11.5 Å². The van der Waals surface area contributed by atoms with Crippen molar-refractivity contribution in [1.82, 2.24) is 4.90 Å². The number of methoxy groups -OCH3 is 1. The van der Waals surface area contributed by atoms with Crippen LogP contribution < -0.4 is 15.2 Å². The quantitative estimate of drug-likeness (QED) is 0.907. The molecule has 2 N–H and O–H groups in total. The van der Waals surface area contributed by atoms with E-state index in [9.17, 15) is 4.39 Å². The van der Waals surface area contributed by atoms with E-state index in [4.69, 9.17) is 15.2 Å². The van der Waals surface area contributed by atoms with Gasteiger partial charge in [-0.05, 0) is 45.8 Å². The first kappa shape index (κ1) is 16.0. The normalized spacial score (nSPS) is 22.8. The first-order chi connectivity index (χ1) is 9.96. The number of likely N-dealkylation sites (tertiary alicyclic amines) is 1. The summed E-state index contributed by atoms with van der Waals surface area (Å²) in [6.45, 7) is 5.41. The number of ether oxygens (including phenoxy) is 2. The molecule has 0 bridgehead atoms. The van der Waals surface area contributed by atoms with Crippen LogP contribution in [0.4, 0.5) is 4.39 Å². The first-order valence-corrected chi connectivity index (χ1v) is 7.40. The molecule has 0 aromatic heterocycles. The lowest BCUT2D eigenvalue weighted by atomic mass is 9.99. The molecule has 2 rings (SSSR count). The van der Waals surface area contributed by atoms with E-state index >= 15 is 0 Å². The van der Waals surface area contributed by atoms with E-state index < -0.39 is 0 Å². The highest BCUT2D eigenvalue weighted by atomic mass is 19.1. The summed E-state index contributed by atoms with van der Waals surface area (Å²) in [5, 5.41) is 0. The highest BCUT2D eigenvalue weighted by Crippen LogP contribution is 2.39. The predicted molar refractivity (Wildman–Crippen MR) is 81.2 cm³/mol. The fourth-order valence-corrected chi connectivity index (χ4v) is 2.95. The minimum absolute atomic E-state index is 0.00955. The molecule has 4 nitrogen and oxygen atoms in total. The lowest BCUT2D eigenvalue weighted by Gasteiger charge is -2.22. The van der Waals surface area contributed by atoms with Gasteiger partial charge in [-0.25, -0.2) is 4.39 Å². The van der Waals surface area contributed by atoms with Crippen LogP contribution in [-0.4, -0.2) is 38.3 Å². The maximum Gasteiger partial charge on any atom is 0.163 e. The molecule has 2 unspecified atom stereocenters. The van der Waals surface area contributed by atoms with Crippen molar-refractivity contribution in [3.63, 3.8) is 0 Å². The molecule has 0 aliphatic carbocycles. The molecule has 0 saturated carbocycles. The van der Waals surface area contributed by atoms with Crippen LogP contribution in [-0.2, 0) is 0 Å². The van der Waals surface area contributed by atoms with Gasteiger partial charge in [-0.1, -0.05) is 0 Å². The molecule has 1 aromatic carbocycles. The van der Waals surface area contributed by atoms with E-state index in [-0.39, 0.29) is 18.0 Å². The minimum Gasteiger partial charge on any atom is -0.493 e.